The van der Waals surface area contributed by atoms with Crippen molar-refractivity contribution in [2.45, 2.75) is 44.2 Å². The number of benzene rings is 1. The summed E-state index contributed by atoms with van der Waals surface area (Å²) < 4.78 is 37.8. The molecule has 1 fully saturated rings. The van der Waals surface area contributed by atoms with Crippen LogP contribution >= 0.6 is 23.2 Å². The van der Waals surface area contributed by atoms with Gasteiger partial charge >= 0.3 is 5.97 Å². The third-order valence-electron chi connectivity index (χ3n) is 3.83. The molecule has 2 aromatic rings. The smallest absolute Gasteiger partial charge is 0.340 e. The van der Waals surface area contributed by atoms with Gasteiger partial charge in [0.05, 0.1) is 21.3 Å². The summed E-state index contributed by atoms with van der Waals surface area (Å²) in [5.74, 6) is 0.0600. The number of hydrogen-bond donors (Lipinski definition) is 1. The minimum absolute atomic E-state index is 0.00913. The number of carbonyl (C=O) groups excluding carboxylic acids is 1. The first kappa shape index (κ1) is 19.2. The molecule has 0 aliphatic heterocycles. The Hall–Kier alpha value is -1.61. The third kappa shape index (κ3) is 4.20. The molecule has 0 spiro atoms. The summed E-state index contributed by atoms with van der Waals surface area (Å²) in [6, 6.07) is 2.23. The molecule has 7 nitrogen and oxygen atoms in total. The molecule has 0 unspecified atom stereocenters. The minimum Gasteiger partial charge on any atom is -0.452 e. The monoisotopic (exact) mass is 418 g/mol. The van der Waals surface area contributed by atoms with E-state index in [1.165, 1.54) is 6.07 Å². The molecule has 1 aliphatic carbocycles. The highest BCUT2D eigenvalue weighted by Crippen LogP contribution is 2.31. The molecule has 1 N–H and O–H groups in total. The number of sulfonamides is 1. The number of ether oxygens (including phenoxy) is 1. The van der Waals surface area contributed by atoms with E-state index >= 15 is 0 Å². The van der Waals surface area contributed by atoms with Gasteiger partial charge in [0.1, 0.15) is 10.7 Å². The van der Waals surface area contributed by atoms with Crippen LogP contribution in [0.3, 0.4) is 0 Å². The van der Waals surface area contributed by atoms with Crippen molar-refractivity contribution >= 4 is 39.2 Å². The van der Waals surface area contributed by atoms with Crippen LogP contribution in [0.4, 0.5) is 0 Å². The first-order valence-corrected chi connectivity index (χ1v) is 10.0. The maximum absolute atomic E-state index is 12.4. The Balaban J connectivity index is 1.82. The van der Waals surface area contributed by atoms with Crippen LogP contribution < -0.4 is 4.72 Å². The van der Waals surface area contributed by atoms with Crippen molar-refractivity contribution in [2.75, 3.05) is 0 Å². The van der Waals surface area contributed by atoms with E-state index in [2.05, 4.69) is 9.71 Å². The Kier molecular flexibility index (Phi) is 5.30. The lowest BCUT2D eigenvalue weighted by Crippen LogP contribution is -2.26. The van der Waals surface area contributed by atoms with Crippen molar-refractivity contribution in [1.82, 2.24) is 9.71 Å². The predicted octanol–water partition coefficient (Wildman–Crippen LogP) is 3.40. The molecule has 1 aromatic heterocycles. The van der Waals surface area contributed by atoms with E-state index in [0.29, 0.717) is 11.5 Å². The zero-order valence-electron chi connectivity index (χ0n) is 14.0. The van der Waals surface area contributed by atoms with E-state index in [9.17, 15) is 13.2 Å². The molecule has 26 heavy (non-hydrogen) atoms. The van der Waals surface area contributed by atoms with Gasteiger partial charge in [0.15, 0.2) is 6.61 Å². The van der Waals surface area contributed by atoms with Crippen LogP contribution in [-0.4, -0.2) is 25.4 Å². The van der Waals surface area contributed by atoms with Crippen molar-refractivity contribution in [2.24, 2.45) is 0 Å². The number of halogens is 2. The summed E-state index contributed by atoms with van der Waals surface area (Å²) in [6.45, 7) is 3.31. The third-order valence-corrected chi connectivity index (χ3v) is 6.13. The van der Waals surface area contributed by atoms with Gasteiger partial charge in [-0.15, -0.1) is 0 Å². The minimum atomic E-state index is -3.85. The van der Waals surface area contributed by atoms with Gasteiger partial charge in [-0.25, -0.2) is 22.9 Å². The molecule has 10 heteroatoms. The molecular formula is C16H16Cl2N2O5S. The number of oxazole rings is 1. The number of esters is 1. The summed E-state index contributed by atoms with van der Waals surface area (Å²) >= 11 is 12.0. The average Bonchev–Trinajstić information content (AvgIpc) is 3.28. The van der Waals surface area contributed by atoms with Gasteiger partial charge in [-0.1, -0.05) is 23.2 Å². The van der Waals surface area contributed by atoms with Gasteiger partial charge < -0.3 is 9.15 Å². The van der Waals surface area contributed by atoms with E-state index in [0.717, 1.165) is 18.9 Å². The Morgan fingerprint density at radius 3 is 2.58 bits per heavy atom. The molecule has 1 heterocycles. The van der Waals surface area contributed by atoms with Gasteiger partial charge in [-0.05, 0) is 38.8 Å². The molecule has 0 bridgehead atoms. The molecule has 0 radical (unpaired) electrons. The maximum atomic E-state index is 12.4. The number of hydrogen-bond acceptors (Lipinski definition) is 6. The van der Waals surface area contributed by atoms with Crippen molar-refractivity contribution < 1.29 is 22.4 Å². The zero-order valence-corrected chi connectivity index (χ0v) is 16.3. The van der Waals surface area contributed by atoms with Crippen LogP contribution in [0, 0.1) is 13.8 Å². The van der Waals surface area contributed by atoms with Crippen molar-refractivity contribution in [1.29, 1.82) is 0 Å². The fraction of sp³-hybridized carbons (Fsp3) is 0.375. The van der Waals surface area contributed by atoms with E-state index in [1.54, 1.807) is 13.8 Å². The lowest BCUT2D eigenvalue weighted by molar-refractivity contribution is 0.0437. The van der Waals surface area contributed by atoms with E-state index in [4.69, 9.17) is 32.4 Å². The molecule has 0 saturated heterocycles. The Labute approximate surface area is 160 Å². The van der Waals surface area contributed by atoms with Gasteiger partial charge in [-0.2, -0.15) is 0 Å². The SMILES string of the molecule is Cc1nc(COC(=O)c2cc(S(=O)(=O)NC3CC3)c(Cl)cc2Cl)oc1C. The number of aromatic nitrogens is 1. The highest BCUT2D eigenvalue weighted by molar-refractivity contribution is 7.89. The second kappa shape index (κ2) is 7.19. The normalized spacial score (nSPS) is 14.5. The Morgan fingerprint density at radius 2 is 2.00 bits per heavy atom. The molecule has 0 amide bonds. The van der Waals surface area contributed by atoms with Crippen LogP contribution in [0.2, 0.25) is 10.0 Å². The predicted molar refractivity (Wildman–Crippen MR) is 94.9 cm³/mol. The lowest BCUT2D eigenvalue weighted by atomic mass is 10.2. The van der Waals surface area contributed by atoms with E-state index in [-0.39, 0.29) is 39.0 Å². The first-order chi connectivity index (χ1) is 12.2. The first-order valence-electron chi connectivity index (χ1n) is 7.79. The van der Waals surface area contributed by atoms with Crippen LogP contribution in [0.15, 0.2) is 21.4 Å². The molecule has 1 aliphatic rings. The quantitative estimate of drug-likeness (QED) is 0.721. The van der Waals surface area contributed by atoms with Gasteiger partial charge in [0.2, 0.25) is 15.9 Å². The molecule has 0 atom stereocenters. The number of nitrogens with one attached hydrogen (secondary N) is 1. The van der Waals surface area contributed by atoms with E-state index < -0.39 is 16.0 Å². The Bertz CT molecular complexity index is 948. The number of carbonyl (C=O) groups is 1. The van der Waals surface area contributed by atoms with Crippen LogP contribution in [0.5, 0.6) is 0 Å². The Morgan fingerprint density at radius 1 is 1.31 bits per heavy atom. The number of aryl methyl sites for hydroxylation is 2. The fourth-order valence-electron chi connectivity index (χ4n) is 2.18. The average molecular weight is 419 g/mol. The molecular weight excluding hydrogens is 403 g/mol. The largest absolute Gasteiger partial charge is 0.452 e. The summed E-state index contributed by atoms with van der Waals surface area (Å²) in [5, 5.41) is -0.0798. The fourth-order valence-corrected chi connectivity index (χ4v) is 4.34. The highest BCUT2D eigenvalue weighted by Gasteiger charge is 2.30. The summed E-state index contributed by atoms with van der Waals surface area (Å²) in [7, 11) is -3.85. The molecule has 1 aromatic carbocycles. The van der Waals surface area contributed by atoms with Crippen LogP contribution in [0.25, 0.3) is 0 Å². The standard InChI is InChI=1S/C16H16Cl2N2O5S/c1-8-9(2)25-15(19-8)7-24-16(21)11-5-14(13(18)6-12(11)17)26(22,23)20-10-3-4-10/h5-6,10,20H,3-4,7H2,1-2H3. The summed E-state index contributed by atoms with van der Waals surface area (Å²) in [5.41, 5.74) is 0.590. The number of rotatable bonds is 6. The number of nitrogens with zero attached hydrogens (tertiary/aromatic N) is 1. The molecule has 140 valence electrons. The summed E-state index contributed by atoms with van der Waals surface area (Å²) in [6.07, 6.45) is 1.54. The second-order valence-corrected chi connectivity index (χ2v) is 8.48. The van der Waals surface area contributed by atoms with E-state index in [1.807, 2.05) is 0 Å². The van der Waals surface area contributed by atoms with Crippen molar-refractivity contribution in [3.63, 3.8) is 0 Å². The lowest BCUT2D eigenvalue weighted by Gasteiger charge is -2.11. The summed E-state index contributed by atoms with van der Waals surface area (Å²) in [4.78, 5) is 16.2. The van der Waals surface area contributed by atoms with Gasteiger partial charge in [0.25, 0.3) is 0 Å². The van der Waals surface area contributed by atoms with Crippen LogP contribution in [0.1, 0.15) is 40.5 Å². The van der Waals surface area contributed by atoms with Crippen molar-refractivity contribution in [3.8, 4) is 0 Å². The van der Waals surface area contributed by atoms with Crippen LogP contribution in [-0.2, 0) is 21.4 Å². The second-order valence-electron chi connectivity index (χ2n) is 5.98. The highest BCUT2D eigenvalue weighted by atomic mass is 35.5. The topological polar surface area (TPSA) is 98.5 Å². The van der Waals surface area contributed by atoms with Crippen molar-refractivity contribution in [3.05, 3.63) is 45.1 Å². The van der Waals surface area contributed by atoms with Gasteiger partial charge in [0, 0.05) is 6.04 Å². The molecule has 3 rings (SSSR count). The maximum Gasteiger partial charge on any atom is 0.340 e. The van der Waals surface area contributed by atoms with Gasteiger partial charge in [-0.3, -0.25) is 0 Å². The molecule has 1 saturated carbocycles. The zero-order chi connectivity index (χ0) is 19.1.